The van der Waals surface area contributed by atoms with Crippen LogP contribution in [0.5, 0.6) is 0 Å². The fourth-order valence-electron chi connectivity index (χ4n) is 1.72. The highest BCUT2D eigenvalue weighted by Crippen LogP contribution is 2.25. The zero-order valence-electron chi connectivity index (χ0n) is 10.4. The van der Waals surface area contributed by atoms with E-state index >= 15 is 0 Å². The van der Waals surface area contributed by atoms with Crippen LogP contribution in [0, 0.1) is 6.92 Å². The summed E-state index contributed by atoms with van der Waals surface area (Å²) >= 11 is 0. The summed E-state index contributed by atoms with van der Waals surface area (Å²) in [5, 5.41) is 0. The maximum atomic E-state index is 5.99. The molecule has 0 fully saturated rings. The number of aryl methyl sites for hydroxylation is 1. The number of rotatable bonds is 2. The molecule has 0 radical (unpaired) electrons. The van der Waals surface area contributed by atoms with Gasteiger partial charge in [-0.05, 0) is 12.5 Å². The van der Waals surface area contributed by atoms with Crippen LogP contribution in [0.2, 0.25) is 0 Å². The molecule has 3 heteroatoms. The summed E-state index contributed by atoms with van der Waals surface area (Å²) in [5.74, 6) is 1.64. The molecule has 0 saturated carbocycles. The van der Waals surface area contributed by atoms with Crippen LogP contribution < -0.4 is 5.73 Å². The minimum atomic E-state index is 0.295. The third-order valence-corrected chi connectivity index (χ3v) is 2.68. The molecule has 1 aromatic carbocycles. The molecule has 1 aromatic heterocycles. The minimum Gasteiger partial charge on any atom is -0.383 e. The Hall–Kier alpha value is -1.90. The molecular weight excluding hydrogens is 210 g/mol. The molecule has 0 amide bonds. The van der Waals surface area contributed by atoms with Crippen LogP contribution in [0.15, 0.2) is 30.5 Å². The van der Waals surface area contributed by atoms with Gasteiger partial charge in [0, 0.05) is 17.7 Å². The lowest BCUT2D eigenvalue weighted by Crippen LogP contribution is -2.03. The quantitative estimate of drug-likeness (QED) is 0.857. The monoisotopic (exact) mass is 227 g/mol. The van der Waals surface area contributed by atoms with Crippen LogP contribution in [0.3, 0.4) is 0 Å². The van der Waals surface area contributed by atoms with Gasteiger partial charge in [-0.3, -0.25) is 0 Å². The lowest BCUT2D eigenvalue weighted by molar-refractivity contribution is 0.777. The molecule has 0 atom stereocenters. The van der Waals surface area contributed by atoms with Crippen LogP contribution in [0.25, 0.3) is 11.1 Å². The van der Waals surface area contributed by atoms with Crippen molar-refractivity contribution in [2.45, 2.75) is 26.7 Å². The van der Waals surface area contributed by atoms with Gasteiger partial charge in [-0.2, -0.15) is 0 Å². The number of benzene rings is 1. The standard InChI is InChI=1S/C14H17N3/c1-9(2)14-16-8-12(13(15)17-14)11-6-4-5-10(3)7-11/h4-9H,1-3H3,(H2,15,16,17). The van der Waals surface area contributed by atoms with Crippen molar-refractivity contribution in [2.75, 3.05) is 5.73 Å². The second-order valence-electron chi connectivity index (χ2n) is 4.55. The topological polar surface area (TPSA) is 51.8 Å². The Morgan fingerprint density at radius 2 is 2.00 bits per heavy atom. The highest BCUT2D eigenvalue weighted by atomic mass is 14.9. The first-order valence-corrected chi connectivity index (χ1v) is 5.77. The molecule has 0 aliphatic rings. The molecule has 17 heavy (non-hydrogen) atoms. The molecule has 2 N–H and O–H groups in total. The average Bonchev–Trinajstić information content (AvgIpc) is 2.28. The van der Waals surface area contributed by atoms with Gasteiger partial charge in [0.2, 0.25) is 0 Å². The normalized spacial score (nSPS) is 10.8. The maximum absolute atomic E-state index is 5.99. The molecule has 0 aliphatic carbocycles. The molecule has 3 nitrogen and oxygen atoms in total. The summed E-state index contributed by atoms with van der Waals surface area (Å²) in [6, 6.07) is 8.19. The number of nitrogens with zero attached hydrogens (tertiary/aromatic N) is 2. The van der Waals surface area contributed by atoms with E-state index in [0.29, 0.717) is 11.7 Å². The van der Waals surface area contributed by atoms with Gasteiger partial charge >= 0.3 is 0 Å². The predicted octanol–water partition coefficient (Wildman–Crippen LogP) is 3.16. The molecule has 0 aliphatic heterocycles. The van der Waals surface area contributed by atoms with Crippen molar-refractivity contribution < 1.29 is 0 Å². The zero-order valence-corrected chi connectivity index (χ0v) is 10.4. The van der Waals surface area contributed by atoms with Crippen LogP contribution >= 0.6 is 0 Å². The van der Waals surface area contributed by atoms with Gasteiger partial charge in [0.25, 0.3) is 0 Å². The van der Waals surface area contributed by atoms with E-state index in [9.17, 15) is 0 Å². The van der Waals surface area contributed by atoms with Crippen LogP contribution in [-0.2, 0) is 0 Å². The van der Waals surface area contributed by atoms with E-state index < -0.39 is 0 Å². The second kappa shape index (κ2) is 4.53. The lowest BCUT2D eigenvalue weighted by atomic mass is 10.1. The first kappa shape index (κ1) is 11.6. The number of aromatic nitrogens is 2. The van der Waals surface area contributed by atoms with E-state index in [2.05, 4.69) is 42.9 Å². The number of anilines is 1. The molecule has 88 valence electrons. The van der Waals surface area contributed by atoms with Crippen LogP contribution in [0.1, 0.15) is 31.2 Å². The number of hydrogen-bond acceptors (Lipinski definition) is 3. The van der Waals surface area contributed by atoms with Gasteiger partial charge in [-0.15, -0.1) is 0 Å². The first-order chi connectivity index (χ1) is 8.08. The third kappa shape index (κ3) is 2.44. The Kier molecular flexibility index (Phi) is 3.09. The van der Waals surface area contributed by atoms with E-state index in [1.165, 1.54) is 5.56 Å². The summed E-state index contributed by atoms with van der Waals surface area (Å²) in [6.45, 7) is 6.17. The molecule has 0 unspecified atom stereocenters. The van der Waals surface area contributed by atoms with Crippen molar-refractivity contribution in [3.8, 4) is 11.1 Å². The Balaban J connectivity index is 2.47. The van der Waals surface area contributed by atoms with Crippen molar-refractivity contribution in [1.29, 1.82) is 0 Å². The van der Waals surface area contributed by atoms with Gasteiger partial charge in [-0.1, -0.05) is 43.7 Å². The fraction of sp³-hybridized carbons (Fsp3) is 0.286. The fourth-order valence-corrected chi connectivity index (χ4v) is 1.72. The Labute approximate surface area is 102 Å². The van der Waals surface area contributed by atoms with E-state index in [-0.39, 0.29) is 0 Å². The summed E-state index contributed by atoms with van der Waals surface area (Å²) in [6.07, 6.45) is 1.81. The lowest BCUT2D eigenvalue weighted by Gasteiger charge is -2.09. The summed E-state index contributed by atoms with van der Waals surface area (Å²) in [5.41, 5.74) is 9.16. The van der Waals surface area contributed by atoms with Crippen molar-refractivity contribution in [3.63, 3.8) is 0 Å². The first-order valence-electron chi connectivity index (χ1n) is 5.77. The molecule has 0 bridgehead atoms. The van der Waals surface area contributed by atoms with Crippen LogP contribution in [0.4, 0.5) is 5.82 Å². The van der Waals surface area contributed by atoms with Gasteiger partial charge in [0.1, 0.15) is 11.6 Å². The SMILES string of the molecule is Cc1cccc(-c2cnc(C(C)C)nc2N)c1. The summed E-state index contributed by atoms with van der Waals surface area (Å²) < 4.78 is 0. The van der Waals surface area contributed by atoms with Crippen molar-refractivity contribution in [2.24, 2.45) is 0 Å². The van der Waals surface area contributed by atoms with E-state index in [1.54, 1.807) is 0 Å². The highest BCUT2D eigenvalue weighted by molar-refractivity contribution is 5.73. The Morgan fingerprint density at radius 3 is 2.59 bits per heavy atom. The highest BCUT2D eigenvalue weighted by Gasteiger charge is 2.08. The average molecular weight is 227 g/mol. The largest absolute Gasteiger partial charge is 0.383 e. The van der Waals surface area contributed by atoms with Gasteiger partial charge < -0.3 is 5.73 Å². The number of nitrogen functional groups attached to an aromatic ring is 1. The van der Waals surface area contributed by atoms with Gasteiger partial charge in [0.05, 0.1) is 0 Å². The van der Waals surface area contributed by atoms with Crippen molar-refractivity contribution >= 4 is 5.82 Å². The number of hydrogen-bond donors (Lipinski definition) is 1. The smallest absolute Gasteiger partial charge is 0.135 e. The van der Waals surface area contributed by atoms with Gasteiger partial charge in [0.15, 0.2) is 0 Å². The third-order valence-electron chi connectivity index (χ3n) is 2.68. The molecule has 0 spiro atoms. The number of nitrogens with two attached hydrogens (primary N) is 1. The van der Waals surface area contributed by atoms with Crippen molar-refractivity contribution in [3.05, 3.63) is 41.9 Å². The Bertz CT molecular complexity index is 533. The summed E-state index contributed by atoms with van der Waals surface area (Å²) in [4.78, 5) is 8.70. The van der Waals surface area contributed by atoms with Gasteiger partial charge in [-0.25, -0.2) is 9.97 Å². The predicted molar refractivity (Wildman–Crippen MR) is 70.7 cm³/mol. The molecule has 2 aromatic rings. The minimum absolute atomic E-state index is 0.295. The molecular formula is C14H17N3. The molecule has 1 heterocycles. The maximum Gasteiger partial charge on any atom is 0.135 e. The second-order valence-corrected chi connectivity index (χ2v) is 4.55. The molecule has 0 saturated heterocycles. The zero-order chi connectivity index (χ0) is 12.4. The van der Waals surface area contributed by atoms with Crippen LogP contribution in [-0.4, -0.2) is 9.97 Å². The van der Waals surface area contributed by atoms with E-state index in [1.807, 2.05) is 18.3 Å². The Morgan fingerprint density at radius 1 is 1.24 bits per heavy atom. The van der Waals surface area contributed by atoms with E-state index in [0.717, 1.165) is 17.0 Å². The van der Waals surface area contributed by atoms with E-state index in [4.69, 9.17) is 5.73 Å². The van der Waals surface area contributed by atoms with Crippen molar-refractivity contribution in [1.82, 2.24) is 9.97 Å². The molecule has 2 rings (SSSR count). The summed E-state index contributed by atoms with van der Waals surface area (Å²) in [7, 11) is 0.